The Morgan fingerprint density at radius 3 is 1.95 bits per heavy atom. The summed E-state index contributed by atoms with van der Waals surface area (Å²) in [5.41, 5.74) is -0.505. The Labute approximate surface area is 125 Å². The minimum absolute atomic E-state index is 0.0910. The van der Waals surface area contributed by atoms with Crippen molar-refractivity contribution in [1.82, 2.24) is 0 Å². The van der Waals surface area contributed by atoms with Crippen molar-refractivity contribution in [2.75, 3.05) is 39.6 Å². The molecule has 0 heterocycles. The fourth-order valence-corrected chi connectivity index (χ4v) is 1.29. The van der Waals surface area contributed by atoms with E-state index in [0.717, 1.165) is 0 Å². The highest BCUT2D eigenvalue weighted by molar-refractivity contribution is 5.71. The van der Waals surface area contributed by atoms with Gasteiger partial charge in [0.2, 0.25) is 0 Å². The highest BCUT2D eigenvalue weighted by atomic mass is 16.6. The van der Waals surface area contributed by atoms with Gasteiger partial charge in [-0.2, -0.15) is 0 Å². The summed E-state index contributed by atoms with van der Waals surface area (Å²) in [4.78, 5) is 21.5. The second-order valence-electron chi connectivity index (χ2n) is 5.36. The third-order valence-corrected chi connectivity index (χ3v) is 2.06. The SMILES string of the molecule is CC(C)(C)OC(=O)COCCOCCOCCCC(=O)O. The molecular weight excluding hydrogens is 280 g/mol. The topological polar surface area (TPSA) is 91.3 Å². The highest BCUT2D eigenvalue weighted by Gasteiger charge is 2.15. The molecule has 0 fully saturated rings. The molecule has 0 bridgehead atoms. The zero-order valence-electron chi connectivity index (χ0n) is 13.1. The van der Waals surface area contributed by atoms with Crippen LogP contribution in [0.5, 0.6) is 0 Å². The van der Waals surface area contributed by atoms with Crippen LogP contribution in [-0.2, 0) is 28.5 Å². The fraction of sp³-hybridized carbons (Fsp3) is 0.857. The lowest BCUT2D eigenvalue weighted by molar-refractivity contribution is -0.160. The Morgan fingerprint density at radius 2 is 1.43 bits per heavy atom. The van der Waals surface area contributed by atoms with Crippen LogP contribution in [0.15, 0.2) is 0 Å². The van der Waals surface area contributed by atoms with Crippen LogP contribution in [0.1, 0.15) is 33.6 Å². The maximum atomic E-state index is 11.3. The van der Waals surface area contributed by atoms with Gasteiger partial charge in [-0.05, 0) is 27.2 Å². The second kappa shape index (κ2) is 11.5. The lowest BCUT2D eigenvalue weighted by atomic mass is 10.2. The van der Waals surface area contributed by atoms with E-state index >= 15 is 0 Å². The standard InChI is InChI=1S/C14H26O7/c1-14(2,3)21-13(17)11-20-10-9-19-8-7-18-6-4-5-12(15)16/h4-11H2,1-3H3,(H,15,16). The number of rotatable bonds is 12. The summed E-state index contributed by atoms with van der Waals surface area (Å²) in [6, 6.07) is 0. The van der Waals surface area contributed by atoms with Gasteiger partial charge >= 0.3 is 11.9 Å². The van der Waals surface area contributed by atoms with E-state index in [4.69, 9.17) is 24.1 Å². The van der Waals surface area contributed by atoms with Gasteiger partial charge in [-0.25, -0.2) is 4.79 Å². The Morgan fingerprint density at radius 1 is 0.905 bits per heavy atom. The number of esters is 1. The summed E-state index contributed by atoms with van der Waals surface area (Å²) in [7, 11) is 0. The van der Waals surface area contributed by atoms with Gasteiger partial charge in [0, 0.05) is 13.0 Å². The normalized spacial score (nSPS) is 11.4. The first-order chi connectivity index (χ1) is 9.81. The number of carboxylic acid groups (broad SMARTS) is 1. The van der Waals surface area contributed by atoms with Gasteiger partial charge in [-0.1, -0.05) is 0 Å². The summed E-state index contributed by atoms with van der Waals surface area (Å²) in [5, 5.41) is 8.41. The van der Waals surface area contributed by atoms with Crippen LogP contribution in [-0.4, -0.2) is 62.3 Å². The monoisotopic (exact) mass is 306 g/mol. The number of carbonyl (C=O) groups excluding carboxylic acids is 1. The van der Waals surface area contributed by atoms with Crippen LogP contribution in [0.3, 0.4) is 0 Å². The van der Waals surface area contributed by atoms with Gasteiger partial charge in [0.05, 0.1) is 26.4 Å². The maximum Gasteiger partial charge on any atom is 0.332 e. The smallest absolute Gasteiger partial charge is 0.332 e. The van der Waals surface area contributed by atoms with Crippen molar-refractivity contribution >= 4 is 11.9 Å². The van der Waals surface area contributed by atoms with Crippen molar-refractivity contribution in [1.29, 1.82) is 0 Å². The third kappa shape index (κ3) is 16.8. The third-order valence-electron chi connectivity index (χ3n) is 2.06. The number of hydrogen-bond acceptors (Lipinski definition) is 6. The minimum Gasteiger partial charge on any atom is -0.481 e. The van der Waals surface area contributed by atoms with Crippen LogP contribution in [0, 0.1) is 0 Å². The lowest BCUT2D eigenvalue weighted by Gasteiger charge is -2.19. The Hall–Kier alpha value is -1.18. The van der Waals surface area contributed by atoms with Crippen molar-refractivity contribution in [3.8, 4) is 0 Å². The molecule has 0 saturated heterocycles. The molecule has 0 aliphatic carbocycles. The zero-order valence-corrected chi connectivity index (χ0v) is 13.1. The Bertz CT molecular complexity index is 296. The van der Waals surface area contributed by atoms with Crippen molar-refractivity contribution < 1.29 is 33.6 Å². The van der Waals surface area contributed by atoms with E-state index in [9.17, 15) is 9.59 Å². The molecule has 0 radical (unpaired) electrons. The highest BCUT2D eigenvalue weighted by Crippen LogP contribution is 2.06. The molecule has 0 aromatic rings. The van der Waals surface area contributed by atoms with Crippen molar-refractivity contribution in [3.05, 3.63) is 0 Å². The molecule has 0 saturated carbocycles. The van der Waals surface area contributed by atoms with E-state index in [1.807, 2.05) is 0 Å². The quantitative estimate of drug-likeness (QED) is 0.428. The molecule has 7 heteroatoms. The first-order valence-electron chi connectivity index (χ1n) is 6.98. The van der Waals surface area contributed by atoms with Crippen LogP contribution in [0.4, 0.5) is 0 Å². The van der Waals surface area contributed by atoms with Crippen LogP contribution >= 0.6 is 0 Å². The number of carboxylic acids is 1. The van der Waals surface area contributed by atoms with E-state index < -0.39 is 17.5 Å². The molecular formula is C14H26O7. The zero-order chi connectivity index (χ0) is 16.1. The summed E-state index contributed by atoms with van der Waals surface area (Å²) >= 11 is 0. The van der Waals surface area contributed by atoms with Gasteiger partial charge in [0.1, 0.15) is 12.2 Å². The molecule has 7 nitrogen and oxygen atoms in total. The van der Waals surface area contributed by atoms with E-state index in [1.54, 1.807) is 20.8 Å². The summed E-state index contributed by atoms with van der Waals surface area (Å²) in [6.07, 6.45) is 0.605. The average Bonchev–Trinajstić information content (AvgIpc) is 2.33. The van der Waals surface area contributed by atoms with E-state index in [2.05, 4.69) is 0 Å². The van der Waals surface area contributed by atoms with Gasteiger partial charge < -0.3 is 24.1 Å². The van der Waals surface area contributed by atoms with Gasteiger partial charge in [0.25, 0.3) is 0 Å². The van der Waals surface area contributed by atoms with Crippen molar-refractivity contribution in [3.63, 3.8) is 0 Å². The predicted octanol–water partition coefficient (Wildman–Crippen LogP) is 1.24. The summed E-state index contributed by atoms with van der Waals surface area (Å²) < 4.78 is 20.6. The van der Waals surface area contributed by atoms with Crippen LogP contribution < -0.4 is 0 Å². The molecule has 0 aliphatic heterocycles. The van der Waals surface area contributed by atoms with Crippen LogP contribution in [0.25, 0.3) is 0 Å². The first-order valence-corrected chi connectivity index (χ1v) is 6.98. The van der Waals surface area contributed by atoms with E-state index in [1.165, 1.54) is 0 Å². The van der Waals surface area contributed by atoms with Crippen LogP contribution in [0.2, 0.25) is 0 Å². The molecule has 0 aromatic heterocycles. The van der Waals surface area contributed by atoms with Gasteiger partial charge in [-0.3, -0.25) is 4.79 Å². The maximum absolute atomic E-state index is 11.3. The number of hydrogen-bond donors (Lipinski definition) is 1. The molecule has 0 aliphatic rings. The number of carbonyl (C=O) groups is 2. The van der Waals surface area contributed by atoms with Gasteiger partial charge in [-0.15, -0.1) is 0 Å². The molecule has 0 aromatic carbocycles. The lowest BCUT2D eigenvalue weighted by Crippen LogP contribution is -2.27. The molecule has 0 amide bonds. The summed E-state index contributed by atoms with van der Waals surface area (Å²) in [5.74, 6) is -1.22. The first kappa shape index (κ1) is 19.8. The molecule has 0 rings (SSSR count). The van der Waals surface area contributed by atoms with E-state index in [-0.39, 0.29) is 13.0 Å². The molecule has 21 heavy (non-hydrogen) atoms. The molecule has 0 spiro atoms. The minimum atomic E-state index is -0.822. The average molecular weight is 306 g/mol. The molecule has 124 valence electrons. The van der Waals surface area contributed by atoms with E-state index in [0.29, 0.717) is 39.5 Å². The number of ether oxygens (including phenoxy) is 4. The molecule has 0 unspecified atom stereocenters. The molecule has 1 N–H and O–H groups in total. The predicted molar refractivity (Wildman–Crippen MR) is 75.2 cm³/mol. The van der Waals surface area contributed by atoms with Crippen molar-refractivity contribution in [2.45, 2.75) is 39.2 Å². The molecule has 0 atom stereocenters. The van der Waals surface area contributed by atoms with Gasteiger partial charge in [0.15, 0.2) is 0 Å². The Kier molecular flexibility index (Phi) is 10.8. The number of aliphatic carboxylic acids is 1. The van der Waals surface area contributed by atoms with Crippen molar-refractivity contribution in [2.24, 2.45) is 0 Å². The summed E-state index contributed by atoms with van der Waals surface area (Å²) in [6.45, 7) is 7.19. The second-order valence-corrected chi connectivity index (χ2v) is 5.36. The Balaban J connectivity index is 3.22. The fourth-order valence-electron chi connectivity index (χ4n) is 1.29. The largest absolute Gasteiger partial charge is 0.481 e.